The normalized spacial score (nSPS) is 16.7. The van der Waals surface area contributed by atoms with Crippen molar-refractivity contribution in [2.45, 2.75) is 12.8 Å². The van der Waals surface area contributed by atoms with E-state index in [-0.39, 0.29) is 23.2 Å². The molecule has 0 radical (unpaired) electrons. The molecule has 1 amide bonds. The van der Waals surface area contributed by atoms with Crippen LogP contribution in [0, 0.1) is 11.7 Å². The molecule has 136 valence electrons. The van der Waals surface area contributed by atoms with Crippen molar-refractivity contribution in [3.05, 3.63) is 76.7 Å². The average molecular weight is 365 g/mol. The van der Waals surface area contributed by atoms with Crippen LogP contribution in [0.4, 0.5) is 10.1 Å². The van der Waals surface area contributed by atoms with Gasteiger partial charge in [-0.3, -0.25) is 9.59 Å². The van der Waals surface area contributed by atoms with Crippen LogP contribution in [0.1, 0.15) is 12.0 Å². The number of hydrogen-bond donors (Lipinski definition) is 0. The van der Waals surface area contributed by atoms with Crippen LogP contribution >= 0.6 is 0 Å². The van der Waals surface area contributed by atoms with Gasteiger partial charge in [0.05, 0.1) is 30.0 Å². The SMILES string of the molecule is O=C1C(Cc2ccc(F)cc2)CCN1c1cnn(-c2ccnnc2)c(=O)c1. The molecule has 2 aromatic heterocycles. The van der Waals surface area contributed by atoms with Crippen LogP contribution < -0.4 is 10.5 Å². The largest absolute Gasteiger partial charge is 0.310 e. The predicted octanol–water partition coefficient (Wildman–Crippen LogP) is 1.76. The Bertz CT molecular complexity index is 1020. The molecule has 0 spiro atoms. The Morgan fingerprint density at radius 1 is 1.04 bits per heavy atom. The molecular weight excluding hydrogens is 349 g/mol. The molecule has 8 heteroatoms. The van der Waals surface area contributed by atoms with E-state index in [0.29, 0.717) is 30.8 Å². The van der Waals surface area contributed by atoms with Crippen LogP contribution in [-0.4, -0.2) is 32.4 Å². The van der Waals surface area contributed by atoms with E-state index in [4.69, 9.17) is 0 Å². The molecule has 27 heavy (non-hydrogen) atoms. The zero-order valence-corrected chi connectivity index (χ0v) is 14.3. The van der Waals surface area contributed by atoms with Gasteiger partial charge < -0.3 is 4.90 Å². The fourth-order valence-corrected chi connectivity index (χ4v) is 3.24. The van der Waals surface area contributed by atoms with Crippen molar-refractivity contribution in [2.75, 3.05) is 11.4 Å². The van der Waals surface area contributed by atoms with Gasteiger partial charge in [0.1, 0.15) is 5.82 Å². The van der Waals surface area contributed by atoms with Crippen LogP contribution in [0.3, 0.4) is 0 Å². The lowest BCUT2D eigenvalue weighted by Gasteiger charge is -2.17. The van der Waals surface area contributed by atoms with E-state index in [0.717, 1.165) is 5.56 Å². The highest BCUT2D eigenvalue weighted by Gasteiger charge is 2.33. The highest BCUT2D eigenvalue weighted by Crippen LogP contribution is 2.26. The van der Waals surface area contributed by atoms with E-state index in [1.165, 1.54) is 41.5 Å². The number of hydrogen-bond acceptors (Lipinski definition) is 5. The second-order valence-corrected chi connectivity index (χ2v) is 6.37. The first-order valence-corrected chi connectivity index (χ1v) is 8.54. The summed E-state index contributed by atoms with van der Waals surface area (Å²) < 4.78 is 14.2. The van der Waals surface area contributed by atoms with Gasteiger partial charge in [0.25, 0.3) is 5.56 Å². The molecular formula is C19H16FN5O2. The van der Waals surface area contributed by atoms with Crippen molar-refractivity contribution in [1.29, 1.82) is 0 Å². The molecule has 1 aromatic carbocycles. The molecule has 4 rings (SSSR count). The Morgan fingerprint density at radius 2 is 1.85 bits per heavy atom. The van der Waals surface area contributed by atoms with Crippen LogP contribution in [0.2, 0.25) is 0 Å². The van der Waals surface area contributed by atoms with Gasteiger partial charge in [-0.05, 0) is 36.6 Å². The van der Waals surface area contributed by atoms with Gasteiger partial charge in [-0.25, -0.2) is 4.39 Å². The number of anilines is 1. The summed E-state index contributed by atoms with van der Waals surface area (Å²) in [5, 5.41) is 11.6. The summed E-state index contributed by atoms with van der Waals surface area (Å²) in [7, 11) is 0. The minimum atomic E-state index is -0.352. The van der Waals surface area contributed by atoms with Crippen molar-refractivity contribution in [3.8, 4) is 5.69 Å². The summed E-state index contributed by atoms with van der Waals surface area (Å²) in [6.45, 7) is 0.520. The summed E-state index contributed by atoms with van der Waals surface area (Å²) in [5.41, 5.74) is 1.54. The lowest BCUT2D eigenvalue weighted by molar-refractivity contribution is -0.120. The number of amides is 1. The third-order valence-corrected chi connectivity index (χ3v) is 4.62. The molecule has 0 aliphatic carbocycles. The van der Waals surface area contributed by atoms with Crippen molar-refractivity contribution in [1.82, 2.24) is 20.0 Å². The molecule has 1 aliphatic heterocycles. The summed E-state index contributed by atoms with van der Waals surface area (Å²) in [6.07, 6.45) is 5.63. The standard InChI is InChI=1S/C19H16FN5O2/c20-15-3-1-13(2-4-15)9-14-6-8-24(19(14)27)17-10-18(26)25(23-12-17)16-5-7-21-22-11-16/h1-5,7,10-12,14H,6,8-9H2. The third-order valence-electron chi connectivity index (χ3n) is 4.62. The topological polar surface area (TPSA) is 81.0 Å². The maximum absolute atomic E-state index is 13.0. The van der Waals surface area contributed by atoms with E-state index in [2.05, 4.69) is 15.3 Å². The summed E-state index contributed by atoms with van der Waals surface area (Å²) in [4.78, 5) is 26.7. The smallest absolute Gasteiger partial charge is 0.273 e. The van der Waals surface area contributed by atoms with Gasteiger partial charge in [-0.1, -0.05) is 12.1 Å². The van der Waals surface area contributed by atoms with Gasteiger partial charge in [-0.2, -0.15) is 20.0 Å². The Balaban J connectivity index is 1.52. The minimum Gasteiger partial charge on any atom is -0.310 e. The first-order chi connectivity index (χ1) is 13.1. The van der Waals surface area contributed by atoms with Crippen molar-refractivity contribution in [2.24, 2.45) is 5.92 Å². The van der Waals surface area contributed by atoms with Gasteiger partial charge in [0, 0.05) is 18.5 Å². The fraction of sp³-hybridized carbons (Fsp3) is 0.211. The Morgan fingerprint density at radius 3 is 2.56 bits per heavy atom. The van der Waals surface area contributed by atoms with E-state index >= 15 is 0 Å². The molecule has 0 saturated carbocycles. The van der Waals surface area contributed by atoms with Crippen molar-refractivity contribution in [3.63, 3.8) is 0 Å². The second-order valence-electron chi connectivity index (χ2n) is 6.37. The zero-order chi connectivity index (χ0) is 18.8. The monoisotopic (exact) mass is 365 g/mol. The quantitative estimate of drug-likeness (QED) is 0.704. The molecule has 1 atom stereocenters. The van der Waals surface area contributed by atoms with Crippen molar-refractivity contribution >= 4 is 11.6 Å². The number of nitrogens with zero attached hydrogens (tertiary/aromatic N) is 5. The number of aromatic nitrogens is 4. The van der Waals surface area contributed by atoms with Crippen LogP contribution in [-0.2, 0) is 11.2 Å². The molecule has 0 bridgehead atoms. The molecule has 7 nitrogen and oxygen atoms in total. The first-order valence-electron chi connectivity index (χ1n) is 8.54. The molecule has 1 saturated heterocycles. The minimum absolute atomic E-state index is 0.0520. The fourth-order valence-electron chi connectivity index (χ4n) is 3.24. The maximum Gasteiger partial charge on any atom is 0.273 e. The van der Waals surface area contributed by atoms with E-state index < -0.39 is 0 Å². The molecule has 1 aliphatic rings. The molecule has 3 aromatic rings. The summed E-state index contributed by atoms with van der Waals surface area (Å²) in [5.74, 6) is -0.541. The molecule has 1 fully saturated rings. The Kier molecular flexibility index (Phi) is 4.45. The predicted molar refractivity (Wildman–Crippen MR) is 96.0 cm³/mol. The highest BCUT2D eigenvalue weighted by molar-refractivity contribution is 5.97. The van der Waals surface area contributed by atoms with Gasteiger partial charge >= 0.3 is 0 Å². The number of halogens is 1. The maximum atomic E-state index is 13.0. The average Bonchev–Trinajstić information content (AvgIpc) is 3.04. The molecule has 3 heterocycles. The third kappa shape index (κ3) is 3.46. The summed E-state index contributed by atoms with van der Waals surface area (Å²) in [6, 6.07) is 9.19. The van der Waals surface area contributed by atoms with E-state index in [1.54, 1.807) is 23.1 Å². The van der Waals surface area contributed by atoms with Crippen LogP contribution in [0.5, 0.6) is 0 Å². The number of benzene rings is 1. The van der Waals surface area contributed by atoms with E-state index in [1.807, 2.05) is 0 Å². The van der Waals surface area contributed by atoms with Crippen LogP contribution in [0.25, 0.3) is 5.69 Å². The van der Waals surface area contributed by atoms with Gasteiger partial charge in [0.15, 0.2) is 0 Å². The van der Waals surface area contributed by atoms with Crippen molar-refractivity contribution < 1.29 is 9.18 Å². The lowest BCUT2D eigenvalue weighted by atomic mass is 9.98. The molecule has 1 unspecified atom stereocenters. The number of carbonyl (C=O) groups excluding carboxylic acids is 1. The lowest BCUT2D eigenvalue weighted by Crippen LogP contribution is -2.30. The highest BCUT2D eigenvalue weighted by atomic mass is 19.1. The Labute approximate surface area is 154 Å². The van der Waals surface area contributed by atoms with Gasteiger partial charge in [-0.15, -0.1) is 0 Å². The van der Waals surface area contributed by atoms with Gasteiger partial charge in [0.2, 0.25) is 5.91 Å². The van der Waals surface area contributed by atoms with E-state index in [9.17, 15) is 14.0 Å². The zero-order valence-electron chi connectivity index (χ0n) is 14.3. The Hall–Kier alpha value is -3.42. The number of rotatable bonds is 4. The first kappa shape index (κ1) is 17.0. The second kappa shape index (κ2) is 7.06. The number of carbonyl (C=O) groups is 1. The molecule has 0 N–H and O–H groups in total. The summed E-state index contributed by atoms with van der Waals surface area (Å²) >= 11 is 0. The van der Waals surface area contributed by atoms with Crippen LogP contribution in [0.15, 0.2) is 59.8 Å².